The van der Waals surface area contributed by atoms with Gasteiger partial charge in [-0.15, -0.1) is 0 Å². The van der Waals surface area contributed by atoms with Gasteiger partial charge in [-0.2, -0.15) is 0 Å². The van der Waals surface area contributed by atoms with Crippen molar-refractivity contribution in [2.45, 2.75) is 6.54 Å². The predicted molar refractivity (Wildman–Crippen MR) is 79.2 cm³/mol. The van der Waals surface area contributed by atoms with Gasteiger partial charge in [0.2, 0.25) is 0 Å². The summed E-state index contributed by atoms with van der Waals surface area (Å²) in [5.74, 6) is -0.929. The van der Waals surface area contributed by atoms with Gasteiger partial charge in [-0.25, -0.2) is 4.79 Å². The molecule has 0 N–H and O–H groups in total. The molecule has 1 aromatic carbocycles. The smallest absolute Gasteiger partial charge is 0.343 e. The lowest BCUT2D eigenvalue weighted by molar-refractivity contribution is -0.385. The second kappa shape index (κ2) is 6.40. The summed E-state index contributed by atoms with van der Waals surface area (Å²) < 4.78 is 5.54. The van der Waals surface area contributed by atoms with E-state index in [4.69, 9.17) is 11.6 Å². The SMILES string of the molecule is COC(=O)c1cc([N+](=O)[O-])cn(Cc2ccccc2Cl)c1=O. The molecule has 2 aromatic rings. The minimum atomic E-state index is -0.929. The van der Waals surface area contributed by atoms with Gasteiger partial charge in [0, 0.05) is 11.1 Å². The number of halogens is 1. The Morgan fingerprint density at radius 3 is 2.68 bits per heavy atom. The number of esters is 1. The van der Waals surface area contributed by atoms with E-state index in [9.17, 15) is 19.7 Å². The third-order valence-corrected chi connectivity index (χ3v) is 3.35. The van der Waals surface area contributed by atoms with Crippen LogP contribution in [0.1, 0.15) is 15.9 Å². The first kappa shape index (κ1) is 15.7. The van der Waals surface area contributed by atoms with Gasteiger partial charge in [0.15, 0.2) is 0 Å². The number of pyridine rings is 1. The summed E-state index contributed by atoms with van der Waals surface area (Å²) in [6, 6.07) is 7.68. The van der Waals surface area contributed by atoms with Crippen LogP contribution in [0.2, 0.25) is 5.02 Å². The average molecular weight is 323 g/mol. The number of methoxy groups -OCH3 is 1. The topological polar surface area (TPSA) is 91.4 Å². The van der Waals surface area contributed by atoms with Gasteiger partial charge in [0.25, 0.3) is 11.2 Å². The van der Waals surface area contributed by atoms with Crippen LogP contribution in [0, 0.1) is 10.1 Å². The number of nitrogens with zero attached hydrogens (tertiary/aromatic N) is 2. The van der Waals surface area contributed by atoms with Crippen LogP contribution < -0.4 is 5.56 Å². The zero-order valence-electron chi connectivity index (χ0n) is 11.5. The van der Waals surface area contributed by atoms with E-state index in [1.165, 1.54) is 0 Å². The first-order valence-electron chi connectivity index (χ1n) is 6.14. The number of nitro groups is 1. The Morgan fingerprint density at radius 2 is 2.09 bits per heavy atom. The van der Waals surface area contributed by atoms with E-state index in [0.717, 1.165) is 23.9 Å². The Kier molecular flexibility index (Phi) is 4.57. The zero-order chi connectivity index (χ0) is 16.3. The van der Waals surface area contributed by atoms with Crippen molar-refractivity contribution in [2.24, 2.45) is 0 Å². The van der Waals surface area contributed by atoms with Gasteiger partial charge in [-0.05, 0) is 11.6 Å². The van der Waals surface area contributed by atoms with Crippen molar-refractivity contribution in [3.63, 3.8) is 0 Å². The van der Waals surface area contributed by atoms with Crippen LogP contribution in [-0.4, -0.2) is 22.6 Å². The highest BCUT2D eigenvalue weighted by Gasteiger charge is 2.20. The normalized spacial score (nSPS) is 10.3. The van der Waals surface area contributed by atoms with Crippen LogP contribution in [-0.2, 0) is 11.3 Å². The summed E-state index contributed by atoms with van der Waals surface area (Å²) in [6.07, 6.45) is 1.07. The fraction of sp³-hybridized carbons (Fsp3) is 0.143. The molecule has 0 bridgehead atoms. The number of benzene rings is 1. The number of hydrogen-bond donors (Lipinski definition) is 0. The molecule has 114 valence electrons. The van der Waals surface area contributed by atoms with Crippen LogP contribution in [0.3, 0.4) is 0 Å². The van der Waals surface area contributed by atoms with E-state index >= 15 is 0 Å². The number of rotatable bonds is 4. The largest absolute Gasteiger partial charge is 0.465 e. The summed E-state index contributed by atoms with van der Waals surface area (Å²) in [5, 5.41) is 11.4. The molecule has 0 saturated carbocycles. The fourth-order valence-electron chi connectivity index (χ4n) is 1.90. The standard InChI is InChI=1S/C14H11ClN2O5/c1-22-14(19)11-6-10(17(20)21)8-16(13(11)18)7-9-4-2-3-5-12(9)15/h2-6,8H,7H2,1H3. The number of aromatic nitrogens is 1. The van der Waals surface area contributed by atoms with E-state index < -0.39 is 22.0 Å². The summed E-state index contributed by atoms with van der Waals surface area (Å²) in [5.41, 5.74) is -0.865. The fourth-order valence-corrected chi connectivity index (χ4v) is 2.10. The molecule has 0 radical (unpaired) electrons. The van der Waals surface area contributed by atoms with Crippen LogP contribution in [0.4, 0.5) is 5.69 Å². The van der Waals surface area contributed by atoms with Gasteiger partial charge < -0.3 is 9.30 Å². The molecule has 0 unspecified atom stereocenters. The molecule has 0 aliphatic rings. The van der Waals surface area contributed by atoms with Gasteiger partial charge in [-0.3, -0.25) is 14.9 Å². The van der Waals surface area contributed by atoms with Crippen LogP contribution in [0.25, 0.3) is 0 Å². The Balaban J connectivity index is 2.57. The van der Waals surface area contributed by atoms with Gasteiger partial charge in [0.05, 0.1) is 24.8 Å². The third-order valence-electron chi connectivity index (χ3n) is 2.99. The van der Waals surface area contributed by atoms with Crippen LogP contribution in [0.15, 0.2) is 41.3 Å². The molecule has 8 heteroatoms. The molecule has 0 spiro atoms. The highest BCUT2D eigenvalue weighted by atomic mass is 35.5. The molecule has 7 nitrogen and oxygen atoms in total. The summed E-state index contributed by atoms with van der Waals surface area (Å²) in [6.45, 7) is 0.00415. The van der Waals surface area contributed by atoms with Crippen molar-refractivity contribution in [1.29, 1.82) is 0 Å². The third kappa shape index (κ3) is 3.15. The van der Waals surface area contributed by atoms with Crippen LogP contribution in [0.5, 0.6) is 0 Å². The van der Waals surface area contributed by atoms with Crippen molar-refractivity contribution in [2.75, 3.05) is 7.11 Å². The second-order valence-electron chi connectivity index (χ2n) is 4.39. The number of carbonyl (C=O) groups excluding carboxylic acids is 1. The summed E-state index contributed by atoms with van der Waals surface area (Å²) in [7, 11) is 1.10. The summed E-state index contributed by atoms with van der Waals surface area (Å²) in [4.78, 5) is 34.1. The summed E-state index contributed by atoms with van der Waals surface area (Å²) >= 11 is 6.02. The molecular formula is C14H11ClN2O5. The lowest BCUT2D eigenvalue weighted by Crippen LogP contribution is -2.27. The predicted octanol–water partition coefficient (Wildman–Crippen LogP) is 2.24. The lowest BCUT2D eigenvalue weighted by atomic mass is 10.2. The van der Waals surface area contributed by atoms with Crippen molar-refractivity contribution in [3.05, 3.63) is 73.1 Å². The average Bonchev–Trinajstić information content (AvgIpc) is 2.50. The molecule has 1 aromatic heterocycles. The van der Waals surface area contributed by atoms with E-state index in [2.05, 4.69) is 4.74 Å². The molecule has 0 amide bonds. The Morgan fingerprint density at radius 1 is 1.41 bits per heavy atom. The number of ether oxygens (including phenoxy) is 1. The maximum absolute atomic E-state index is 12.3. The molecule has 22 heavy (non-hydrogen) atoms. The molecule has 0 fully saturated rings. The molecule has 0 aliphatic carbocycles. The Hall–Kier alpha value is -2.67. The highest BCUT2D eigenvalue weighted by Crippen LogP contribution is 2.17. The van der Waals surface area contributed by atoms with Gasteiger partial charge >= 0.3 is 5.97 Å². The molecule has 2 rings (SSSR count). The lowest BCUT2D eigenvalue weighted by Gasteiger charge is -2.09. The van der Waals surface area contributed by atoms with Crippen molar-refractivity contribution < 1.29 is 14.5 Å². The molecule has 0 atom stereocenters. The van der Waals surface area contributed by atoms with Crippen molar-refractivity contribution >= 4 is 23.3 Å². The maximum atomic E-state index is 12.3. The van der Waals surface area contributed by atoms with E-state index in [0.29, 0.717) is 10.6 Å². The van der Waals surface area contributed by atoms with E-state index in [1.807, 2.05) is 0 Å². The Bertz CT molecular complexity index is 800. The zero-order valence-corrected chi connectivity index (χ0v) is 12.2. The maximum Gasteiger partial charge on any atom is 0.343 e. The van der Waals surface area contributed by atoms with E-state index in [1.54, 1.807) is 24.3 Å². The molecule has 0 saturated heterocycles. The quantitative estimate of drug-likeness (QED) is 0.489. The Labute approximate surface area is 129 Å². The minimum absolute atomic E-state index is 0.00415. The first-order valence-corrected chi connectivity index (χ1v) is 6.52. The van der Waals surface area contributed by atoms with Crippen LogP contribution >= 0.6 is 11.6 Å². The van der Waals surface area contributed by atoms with Gasteiger partial charge in [-0.1, -0.05) is 29.8 Å². The van der Waals surface area contributed by atoms with Crippen molar-refractivity contribution in [3.8, 4) is 0 Å². The second-order valence-corrected chi connectivity index (χ2v) is 4.79. The molecule has 0 aliphatic heterocycles. The van der Waals surface area contributed by atoms with Crippen molar-refractivity contribution in [1.82, 2.24) is 4.57 Å². The first-order chi connectivity index (χ1) is 10.4. The minimum Gasteiger partial charge on any atom is -0.465 e. The molecule has 1 heterocycles. The highest BCUT2D eigenvalue weighted by molar-refractivity contribution is 6.31. The number of hydrogen-bond acceptors (Lipinski definition) is 5. The van der Waals surface area contributed by atoms with Gasteiger partial charge in [0.1, 0.15) is 5.56 Å². The monoisotopic (exact) mass is 322 g/mol. The number of carbonyl (C=O) groups is 1. The van der Waals surface area contributed by atoms with E-state index in [-0.39, 0.29) is 12.2 Å². The molecular weight excluding hydrogens is 312 g/mol.